The molecule has 7 heteroatoms. The number of aromatic nitrogens is 2. The number of halogens is 1. The standard InChI is InChI=1S/C20H25ClN4O2/c1-2-3-11-22-20(27)18-24-17(16-6-4-5-12-25(16)18)19(26)23-13-14-7-9-15(21)10-8-14/h7-10H,2-6,11-13H2,1H3,(H,22,27)(H,23,26). The van der Waals surface area contributed by atoms with Gasteiger partial charge in [-0.1, -0.05) is 37.1 Å². The van der Waals surface area contributed by atoms with Crippen molar-refractivity contribution < 1.29 is 9.59 Å². The second-order valence-corrected chi connectivity index (χ2v) is 7.19. The Morgan fingerprint density at radius 2 is 1.93 bits per heavy atom. The molecule has 0 radical (unpaired) electrons. The molecular formula is C20H25ClN4O2. The van der Waals surface area contributed by atoms with Gasteiger partial charge in [-0.2, -0.15) is 0 Å². The molecule has 0 aliphatic carbocycles. The van der Waals surface area contributed by atoms with Crippen LogP contribution in [0.5, 0.6) is 0 Å². The Balaban J connectivity index is 1.74. The lowest BCUT2D eigenvalue weighted by atomic mass is 10.1. The van der Waals surface area contributed by atoms with Crippen molar-refractivity contribution in [1.82, 2.24) is 20.2 Å². The van der Waals surface area contributed by atoms with Crippen molar-refractivity contribution in [2.75, 3.05) is 6.54 Å². The second kappa shape index (κ2) is 9.04. The van der Waals surface area contributed by atoms with E-state index in [-0.39, 0.29) is 11.8 Å². The number of carbonyl (C=O) groups excluding carboxylic acids is 2. The van der Waals surface area contributed by atoms with E-state index in [0.717, 1.165) is 49.9 Å². The summed E-state index contributed by atoms with van der Waals surface area (Å²) in [5.74, 6) is -0.107. The van der Waals surface area contributed by atoms with Crippen LogP contribution < -0.4 is 10.6 Å². The maximum Gasteiger partial charge on any atom is 0.287 e. The van der Waals surface area contributed by atoms with Crippen molar-refractivity contribution in [2.45, 2.75) is 52.1 Å². The zero-order valence-corrected chi connectivity index (χ0v) is 16.3. The second-order valence-electron chi connectivity index (χ2n) is 6.76. The van der Waals surface area contributed by atoms with Crippen molar-refractivity contribution in [3.05, 3.63) is 52.1 Å². The summed E-state index contributed by atoms with van der Waals surface area (Å²) in [6.07, 6.45) is 4.69. The average molecular weight is 389 g/mol. The Labute approximate surface area is 164 Å². The van der Waals surface area contributed by atoms with E-state index in [9.17, 15) is 9.59 Å². The molecule has 3 rings (SSSR count). The molecule has 1 aliphatic heterocycles. The van der Waals surface area contributed by atoms with E-state index in [1.807, 2.05) is 16.7 Å². The molecule has 0 fully saturated rings. The molecule has 144 valence electrons. The van der Waals surface area contributed by atoms with Gasteiger partial charge in [0.1, 0.15) is 5.69 Å². The minimum atomic E-state index is -0.247. The molecule has 2 heterocycles. The summed E-state index contributed by atoms with van der Waals surface area (Å²) in [5, 5.41) is 6.46. The van der Waals surface area contributed by atoms with Gasteiger partial charge in [0.2, 0.25) is 0 Å². The third kappa shape index (κ3) is 4.69. The first-order valence-electron chi connectivity index (χ1n) is 9.50. The van der Waals surface area contributed by atoms with Gasteiger partial charge in [-0.25, -0.2) is 4.98 Å². The molecular weight excluding hydrogens is 364 g/mol. The molecule has 27 heavy (non-hydrogen) atoms. The van der Waals surface area contributed by atoms with Crippen LogP contribution in [0, 0.1) is 0 Å². The molecule has 0 unspecified atom stereocenters. The Bertz CT molecular complexity index is 814. The molecule has 2 amide bonds. The van der Waals surface area contributed by atoms with Crippen molar-refractivity contribution in [1.29, 1.82) is 0 Å². The number of hydrogen-bond acceptors (Lipinski definition) is 3. The van der Waals surface area contributed by atoms with Gasteiger partial charge in [-0.15, -0.1) is 0 Å². The fourth-order valence-corrected chi connectivity index (χ4v) is 3.35. The van der Waals surface area contributed by atoms with Crippen LogP contribution in [-0.2, 0) is 19.5 Å². The maximum absolute atomic E-state index is 12.7. The quantitative estimate of drug-likeness (QED) is 0.714. The van der Waals surface area contributed by atoms with Crippen molar-refractivity contribution in [3.8, 4) is 0 Å². The minimum Gasteiger partial charge on any atom is -0.349 e. The lowest BCUT2D eigenvalue weighted by Gasteiger charge is -2.17. The number of carbonyl (C=O) groups is 2. The molecule has 0 spiro atoms. The smallest absolute Gasteiger partial charge is 0.287 e. The topological polar surface area (TPSA) is 76.0 Å². The third-order valence-corrected chi connectivity index (χ3v) is 4.97. The average Bonchev–Trinajstić information content (AvgIpc) is 3.07. The highest BCUT2D eigenvalue weighted by Crippen LogP contribution is 2.21. The number of benzene rings is 1. The van der Waals surface area contributed by atoms with Gasteiger partial charge in [0.25, 0.3) is 11.8 Å². The van der Waals surface area contributed by atoms with E-state index in [2.05, 4.69) is 22.5 Å². The summed E-state index contributed by atoms with van der Waals surface area (Å²) in [7, 11) is 0. The first-order chi connectivity index (χ1) is 13.1. The molecule has 1 aliphatic rings. The Morgan fingerprint density at radius 1 is 1.15 bits per heavy atom. The number of rotatable bonds is 7. The van der Waals surface area contributed by atoms with Crippen LogP contribution in [0.2, 0.25) is 5.02 Å². The van der Waals surface area contributed by atoms with E-state index in [4.69, 9.17) is 11.6 Å². The normalized spacial score (nSPS) is 13.1. The molecule has 0 atom stereocenters. The molecule has 0 bridgehead atoms. The first kappa shape index (κ1) is 19.4. The summed E-state index contributed by atoms with van der Waals surface area (Å²) < 4.78 is 1.90. The molecule has 0 saturated heterocycles. The van der Waals surface area contributed by atoms with E-state index in [1.54, 1.807) is 12.1 Å². The van der Waals surface area contributed by atoms with E-state index < -0.39 is 0 Å². The van der Waals surface area contributed by atoms with Gasteiger partial charge >= 0.3 is 0 Å². The van der Waals surface area contributed by atoms with Crippen molar-refractivity contribution in [3.63, 3.8) is 0 Å². The maximum atomic E-state index is 12.7. The first-order valence-corrected chi connectivity index (χ1v) is 9.88. The van der Waals surface area contributed by atoms with Crippen molar-refractivity contribution in [2.24, 2.45) is 0 Å². The van der Waals surface area contributed by atoms with Crippen LogP contribution in [-0.4, -0.2) is 27.9 Å². The fourth-order valence-electron chi connectivity index (χ4n) is 3.22. The van der Waals surface area contributed by atoms with Crippen LogP contribution in [0.1, 0.15) is 65.0 Å². The zero-order chi connectivity index (χ0) is 19.2. The van der Waals surface area contributed by atoms with Gasteiger partial charge in [0, 0.05) is 24.7 Å². The third-order valence-electron chi connectivity index (χ3n) is 4.72. The minimum absolute atomic E-state index is 0.205. The van der Waals surface area contributed by atoms with Crippen LogP contribution in [0.3, 0.4) is 0 Å². The molecule has 6 nitrogen and oxygen atoms in total. The zero-order valence-electron chi connectivity index (χ0n) is 15.6. The van der Waals surface area contributed by atoms with Gasteiger partial charge in [-0.3, -0.25) is 9.59 Å². The molecule has 2 aromatic rings. The SMILES string of the molecule is CCCCNC(=O)c1nc(C(=O)NCc2ccc(Cl)cc2)c2n1CCCC2. The number of nitrogens with one attached hydrogen (secondary N) is 2. The predicted octanol–water partition coefficient (Wildman–Crippen LogP) is 3.33. The van der Waals surface area contributed by atoms with Crippen LogP contribution in [0.25, 0.3) is 0 Å². The number of fused-ring (bicyclic) bond motifs is 1. The van der Waals surface area contributed by atoms with Gasteiger partial charge < -0.3 is 15.2 Å². The number of hydrogen-bond donors (Lipinski definition) is 2. The highest BCUT2D eigenvalue weighted by atomic mass is 35.5. The van der Waals surface area contributed by atoms with E-state index in [0.29, 0.717) is 29.6 Å². The number of imidazole rings is 1. The number of nitrogens with zero attached hydrogens (tertiary/aromatic N) is 2. The lowest BCUT2D eigenvalue weighted by molar-refractivity contribution is 0.0937. The summed E-state index contributed by atoms with van der Waals surface area (Å²) in [6, 6.07) is 7.33. The van der Waals surface area contributed by atoms with Gasteiger partial charge in [0.05, 0.1) is 5.69 Å². The summed E-state index contributed by atoms with van der Waals surface area (Å²) >= 11 is 5.89. The summed E-state index contributed by atoms with van der Waals surface area (Å²) in [6.45, 7) is 3.81. The Hall–Kier alpha value is -2.34. The van der Waals surface area contributed by atoms with Gasteiger partial charge in [0.15, 0.2) is 5.82 Å². The Kier molecular flexibility index (Phi) is 6.50. The number of amides is 2. The summed E-state index contributed by atoms with van der Waals surface area (Å²) in [4.78, 5) is 29.6. The Morgan fingerprint density at radius 3 is 2.67 bits per heavy atom. The van der Waals surface area contributed by atoms with E-state index in [1.165, 1.54) is 0 Å². The number of unbranched alkanes of at least 4 members (excludes halogenated alkanes) is 1. The van der Waals surface area contributed by atoms with Crippen molar-refractivity contribution >= 4 is 23.4 Å². The monoisotopic (exact) mass is 388 g/mol. The highest BCUT2D eigenvalue weighted by molar-refractivity contribution is 6.30. The fraction of sp³-hybridized carbons (Fsp3) is 0.450. The molecule has 1 aromatic heterocycles. The predicted molar refractivity (Wildman–Crippen MR) is 105 cm³/mol. The molecule has 0 saturated carbocycles. The van der Waals surface area contributed by atoms with Crippen LogP contribution in [0.15, 0.2) is 24.3 Å². The van der Waals surface area contributed by atoms with Gasteiger partial charge in [-0.05, 0) is 43.4 Å². The summed E-state index contributed by atoms with van der Waals surface area (Å²) in [5.41, 5.74) is 2.18. The largest absolute Gasteiger partial charge is 0.349 e. The highest BCUT2D eigenvalue weighted by Gasteiger charge is 2.27. The van der Waals surface area contributed by atoms with Crippen LogP contribution in [0.4, 0.5) is 0 Å². The molecule has 2 N–H and O–H groups in total. The van der Waals surface area contributed by atoms with E-state index >= 15 is 0 Å². The van der Waals surface area contributed by atoms with Crippen LogP contribution >= 0.6 is 11.6 Å². The molecule has 1 aromatic carbocycles. The lowest BCUT2D eigenvalue weighted by Crippen LogP contribution is -2.28.